The predicted octanol–water partition coefficient (Wildman–Crippen LogP) is 1.05. The number of ether oxygens (including phenoxy) is 1. The van der Waals surface area contributed by atoms with Gasteiger partial charge in [0.15, 0.2) is 11.5 Å². The molecule has 0 radical (unpaired) electrons. The van der Waals surface area contributed by atoms with Crippen LogP contribution in [-0.4, -0.2) is 18.8 Å². The summed E-state index contributed by atoms with van der Waals surface area (Å²) < 4.78 is 4.99. The van der Waals surface area contributed by atoms with Crippen molar-refractivity contribution in [1.29, 1.82) is 0 Å². The fraction of sp³-hybridized carbons (Fsp3) is 0.333. The highest BCUT2D eigenvalue weighted by Gasteiger charge is 2.22. The van der Waals surface area contributed by atoms with E-state index in [2.05, 4.69) is 5.32 Å². The topological polar surface area (TPSA) is 51.4 Å². The Morgan fingerprint density at radius 3 is 2.92 bits per heavy atom. The second-order valence-electron chi connectivity index (χ2n) is 2.89. The molecule has 1 heterocycles. The van der Waals surface area contributed by atoms with E-state index < -0.39 is 0 Å². The maximum Gasteiger partial charge on any atom is 0.160 e. The van der Waals surface area contributed by atoms with E-state index in [0.29, 0.717) is 11.8 Å². The van der Waals surface area contributed by atoms with Gasteiger partial charge in [0.05, 0.1) is 7.11 Å². The Hall–Kier alpha value is -1.22. The van der Waals surface area contributed by atoms with Crippen LogP contribution in [0.4, 0.5) is 0 Å². The zero-order valence-electron chi connectivity index (χ0n) is 6.87. The van der Waals surface area contributed by atoms with Crippen molar-refractivity contribution in [3.8, 4) is 11.5 Å². The minimum Gasteiger partial charge on any atom is -0.504 e. The van der Waals surface area contributed by atoms with Crippen LogP contribution in [0.25, 0.3) is 0 Å². The number of methoxy groups -OCH3 is 1. The number of phenolic OH excluding ortho intramolecular Hbond substituents is 1. The third-order valence-corrected chi connectivity index (χ3v) is 2.01. The summed E-state index contributed by atoms with van der Waals surface area (Å²) in [5.74, 6) is 0.739. The number of hydrogen-bond acceptors (Lipinski definition) is 3. The molecule has 3 nitrogen and oxygen atoms in total. The van der Waals surface area contributed by atoms with E-state index in [1.807, 2.05) is 12.1 Å². The molecule has 0 aliphatic carbocycles. The van der Waals surface area contributed by atoms with Gasteiger partial charge in [-0.25, -0.2) is 0 Å². The first-order valence-electron chi connectivity index (χ1n) is 3.91. The van der Waals surface area contributed by atoms with Gasteiger partial charge in [-0.1, -0.05) is 6.07 Å². The molecule has 2 N–H and O–H groups in total. The lowest BCUT2D eigenvalue weighted by atomic mass is 10.1. The molecule has 3 heteroatoms. The van der Waals surface area contributed by atoms with E-state index in [4.69, 9.17) is 4.74 Å². The first-order chi connectivity index (χ1) is 5.81. The van der Waals surface area contributed by atoms with Crippen molar-refractivity contribution in [3.63, 3.8) is 0 Å². The zero-order valence-corrected chi connectivity index (χ0v) is 6.87. The first kappa shape index (κ1) is 7.43. The molecule has 0 bridgehead atoms. The molecule has 0 amide bonds. The minimum absolute atomic E-state index is 0.196. The van der Waals surface area contributed by atoms with E-state index in [1.54, 1.807) is 13.2 Å². The summed E-state index contributed by atoms with van der Waals surface area (Å²) >= 11 is 0. The van der Waals surface area contributed by atoms with Crippen LogP contribution in [0.2, 0.25) is 0 Å². The van der Waals surface area contributed by atoms with Crippen molar-refractivity contribution in [1.82, 2.24) is 5.32 Å². The fourth-order valence-corrected chi connectivity index (χ4v) is 1.21. The van der Waals surface area contributed by atoms with Gasteiger partial charge in [0.2, 0.25) is 0 Å². The molecular formula is C9H11NO2. The van der Waals surface area contributed by atoms with Gasteiger partial charge >= 0.3 is 0 Å². The van der Waals surface area contributed by atoms with Gasteiger partial charge < -0.3 is 15.2 Å². The Bertz CT molecular complexity index is 295. The van der Waals surface area contributed by atoms with E-state index in [-0.39, 0.29) is 5.75 Å². The first-order valence-corrected chi connectivity index (χ1v) is 3.91. The van der Waals surface area contributed by atoms with Gasteiger partial charge in [-0.2, -0.15) is 0 Å². The maximum atomic E-state index is 9.29. The molecule has 0 unspecified atom stereocenters. The summed E-state index contributed by atoms with van der Waals surface area (Å²) in [5.41, 5.74) is 1.17. The summed E-state index contributed by atoms with van der Waals surface area (Å²) in [6.07, 6.45) is 0. The Labute approximate surface area is 71.0 Å². The highest BCUT2D eigenvalue weighted by atomic mass is 16.5. The third kappa shape index (κ3) is 1.23. The minimum atomic E-state index is 0.196. The molecule has 1 atom stereocenters. The van der Waals surface area contributed by atoms with Crippen LogP contribution in [0.5, 0.6) is 11.5 Å². The molecule has 0 spiro atoms. The molecule has 1 aliphatic heterocycles. The van der Waals surface area contributed by atoms with E-state index in [0.717, 1.165) is 6.54 Å². The lowest BCUT2D eigenvalue weighted by molar-refractivity contribution is 0.373. The third-order valence-electron chi connectivity index (χ3n) is 2.01. The van der Waals surface area contributed by atoms with Crippen LogP contribution in [-0.2, 0) is 0 Å². The molecule has 1 aromatic rings. The van der Waals surface area contributed by atoms with E-state index >= 15 is 0 Å². The lowest BCUT2D eigenvalue weighted by Crippen LogP contribution is -1.88. The number of nitrogens with one attached hydrogen (secondary N) is 1. The molecule has 1 aliphatic rings. The molecule has 0 aromatic heterocycles. The normalized spacial score (nSPS) is 20.6. The SMILES string of the molecule is COc1cc([C@H]2CN2)ccc1O. The van der Waals surface area contributed by atoms with Crippen molar-refractivity contribution in [3.05, 3.63) is 23.8 Å². The molecule has 2 rings (SSSR count). The zero-order chi connectivity index (χ0) is 8.55. The van der Waals surface area contributed by atoms with Crippen LogP contribution in [0, 0.1) is 0 Å². The van der Waals surface area contributed by atoms with Crippen molar-refractivity contribution in [2.24, 2.45) is 0 Å². The molecule has 12 heavy (non-hydrogen) atoms. The Morgan fingerprint density at radius 1 is 1.58 bits per heavy atom. The largest absolute Gasteiger partial charge is 0.504 e. The monoisotopic (exact) mass is 165 g/mol. The van der Waals surface area contributed by atoms with Crippen LogP contribution in [0.1, 0.15) is 11.6 Å². The molecular weight excluding hydrogens is 154 g/mol. The van der Waals surface area contributed by atoms with Crippen molar-refractivity contribution < 1.29 is 9.84 Å². The molecule has 1 aromatic carbocycles. The molecule has 1 saturated heterocycles. The Balaban J connectivity index is 2.33. The number of aromatic hydroxyl groups is 1. The van der Waals surface area contributed by atoms with Gasteiger partial charge in [0.25, 0.3) is 0 Å². The Kier molecular flexibility index (Phi) is 1.66. The average molecular weight is 165 g/mol. The summed E-state index contributed by atoms with van der Waals surface area (Å²) in [4.78, 5) is 0. The van der Waals surface area contributed by atoms with Gasteiger partial charge in [-0.3, -0.25) is 0 Å². The number of phenols is 1. The van der Waals surface area contributed by atoms with E-state index in [9.17, 15) is 5.11 Å². The lowest BCUT2D eigenvalue weighted by Gasteiger charge is -2.04. The number of benzene rings is 1. The van der Waals surface area contributed by atoms with Crippen molar-refractivity contribution >= 4 is 0 Å². The van der Waals surface area contributed by atoms with Crippen LogP contribution < -0.4 is 10.1 Å². The standard InChI is InChI=1S/C9H11NO2/c1-12-9-4-6(7-5-10-7)2-3-8(9)11/h2-4,7,10-11H,5H2,1H3/t7-/m1/s1. The van der Waals surface area contributed by atoms with Crippen LogP contribution in [0.15, 0.2) is 18.2 Å². The van der Waals surface area contributed by atoms with Crippen molar-refractivity contribution in [2.45, 2.75) is 6.04 Å². The van der Waals surface area contributed by atoms with Gasteiger partial charge in [-0.15, -0.1) is 0 Å². The fourth-order valence-electron chi connectivity index (χ4n) is 1.21. The van der Waals surface area contributed by atoms with Crippen LogP contribution >= 0.6 is 0 Å². The smallest absolute Gasteiger partial charge is 0.160 e. The van der Waals surface area contributed by atoms with Gasteiger partial charge in [-0.05, 0) is 17.7 Å². The predicted molar refractivity (Wildman–Crippen MR) is 45.4 cm³/mol. The van der Waals surface area contributed by atoms with Gasteiger partial charge in [0.1, 0.15) is 0 Å². The average Bonchev–Trinajstić information content (AvgIpc) is 2.88. The number of rotatable bonds is 2. The Morgan fingerprint density at radius 2 is 2.33 bits per heavy atom. The summed E-state index contributed by atoms with van der Waals surface area (Å²) in [5, 5.41) is 12.5. The van der Waals surface area contributed by atoms with E-state index in [1.165, 1.54) is 5.56 Å². The molecule has 1 fully saturated rings. The summed E-state index contributed by atoms with van der Waals surface area (Å²) in [6, 6.07) is 5.89. The summed E-state index contributed by atoms with van der Waals surface area (Å²) in [7, 11) is 1.55. The maximum absolute atomic E-state index is 9.29. The summed E-state index contributed by atoms with van der Waals surface area (Å²) in [6.45, 7) is 1.02. The quantitative estimate of drug-likeness (QED) is 0.644. The molecule has 64 valence electrons. The highest BCUT2D eigenvalue weighted by Crippen LogP contribution is 2.31. The van der Waals surface area contributed by atoms with Crippen molar-refractivity contribution in [2.75, 3.05) is 13.7 Å². The highest BCUT2D eigenvalue weighted by molar-refractivity contribution is 5.43. The van der Waals surface area contributed by atoms with Gasteiger partial charge in [0, 0.05) is 12.6 Å². The van der Waals surface area contributed by atoms with Crippen LogP contribution in [0.3, 0.4) is 0 Å². The second-order valence-corrected chi connectivity index (χ2v) is 2.89. The second kappa shape index (κ2) is 2.68. The number of hydrogen-bond donors (Lipinski definition) is 2. The molecule has 0 saturated carbocycles.